The second kappa shape index (κ2) is 10.8. The van der Waals surface area contributed by atoms with Crippen LogP contribution in [0, 0.1) is 23.5 Å². The molecule has 184 valence electrons. The lowest BCUT2D eigenvalue weighted by atomic mass is 9.78. The van der Waals surface area contributed by atoms with Crippen molar-refractivity contribution >= 4 is 0 Å². The van der Waals surface area contributed by atoms with Crippen LogP contribution in [0.1, 0.15) is 69.6 Å². The minimum atomic E-state index is -5.29. The van der Waals surface area contributed by atoms with E-state index in [4.69, 9.17) is 0 Å². The van der Waals surface area contributed by atoms with Gasteiger partial charge in [0, 0.05) is 12.1 Å². The molecule has 0 aliphatic heterocycles. The molecule has 0 N–H and O–H groups in total. The summed E-state index contributed by atoms with van der Waals surface area (Å²) in [7, 11) is 0. The first-order valence-electron chi connectivity index (χ1n) is 10.7. The van der Waals surface area contributed by atoms with E-state index in [-0.39, 0.29) is 19.6 Å². The van der Waals surface area contributed by atoms with E-state index in [2.05, 4.69) is 11.7 Å². The molecule has 0 unspecified atom stereocenters. The van der Waals surface area contributed by atoms with E-state index < -0.39 is 40.8 Å². The van der Waals surface area contributed by atoms with Gasteiger partial charge in [-0.1, -0.05) is 58.6 Å². The summed E-state index contributed by atoms with van der Waals surface area (Å²) >= 11 is 0. The van der Waals surface area contributed by atoms with E-state index in [1.807, 2.05) is 0 Å². The Morgan fingerprint density at radius 2 is 1.36 bits per heavy atom. The molecule has 0 aromatic heterocycles. The zero-order valence-electron chi connectivity index (χ0n) is 17.6. The normalized spacial score (nSPS) is 19.2. The van der Waals surface area contributed by atoms with Gasteiger partial charge in [-0.15, -0.1) is 0 Å². The van der Waals surface area contributed by atoms with Gasteiger partial charge in [0.15, 0.2) is 0 Å². The number of benzene rings is 2. The molecular formula is C25H29F7O. The second-order valence-corrected chi connectivity index (χ2v) is 8.41. The van der Waals surface area contributed by atoms with E-state index in [1.54, 1.807) is 0 Å². The number of halogens is 7. The van der Waals surface area contributed by atoms with E-state index in [1.165, 1.54) is 44.2 Å². The lowest BCUT2D eigenvalue weighted by Gasteiger charge is -2.27. The van der Waals surface area contributed by atoms with Gasteiger partial charge < -0.3 is 4.74 Å². The number of rotatable bonds is 7. The van der Waals surface area contributed by atoms with Gasteiger partial charge in [-0.05, 0) is 42.4 Å². The van der Waals surface area contributed by atoms with Gasteiger partial charge in [-0.2, -0.15) is 22.0 Å². The average molecular weight is 478 g/mol. The summed E-state index contributed by atoms with van der Waals surface area (Å²) in [6, 6.07) is 5.58. The third-order valence-corrected chi connectivity index (χ3v) is 6.22. The summed E-state index contributed by atoms with van der Waals surface area (Å²) in [5.74, 6) is -3.64. The molecule has 3 rings (SSSR count). The Labute approximate surface area is 190 Å². The van der Waals surface area contributed by atoms with Crippen LogP contribution in [0.5, 0.6) is 5.75 Å². The van der Waals surface area contributed by atoms with Crippen molar-refractivity contribution in [1.29, 1.82) is 0 Å². The van der Waals surface area contributed by atoms with Crippen molar-refractivity contribution in [3.05, 3.63) is 64.7 Å². The van der Waals surface area contributed by atoms with Crippen LogP contribution in [0.2, 0.25) is 0 Å². The van der Waals surface area contributed by atoms with Crippen molar-refractivity contribution in [3.63, 3.8) is 0 Å². The highest BCUT2D eigenvalue weighted by Gasteiger charge is 2.40. The van der Waals surface area contributed by atoms with E-state index in [0.717, 1.165) is 36.5 Å². The summed E-state index contributed by atoms with van der Waals surface area (Å²) < 4.78 is 98.4. The van der Waals surface area contributed by atoms with Crippen molar-refractivity contribution < 1.29 is 35.5 Å². The number of ether oxygens (including phenoxy) is 1. The summed E-state index contributed by atoms with van der Waals surface area (Å²) in [5.41, 5.74) is -1.83. The molecule has 1 fully saturated rings. The maximum Gasteiger partial charge on any atom is 0.426 e. The summed E-state index contributed by atoms with van der Waals surface area (Å²) in [5, 5.41) is 0. The molecule has 1 aliphatic carbocycles. The van der Waals surface area contributed by atoms with Gasteiger partial charge in [-0.25, -0.2) is 8.78 Å². The number of aryl methyl sites for hydroxylation is 1. The minimum Gasteiger partial charge on any atom is -0.429 e. The lowest BCUT2D eigenvalue weighted by molar-refractivity contribution is -0.185. The highest BCUT2D eigenvalue weighted by Crippen LogP contribution is 2.38. The predicted octanol–water partition coefficient (Wildman–Crippen LogP) is 8.90. The first-order chi connectivity index (χ1) is 15.0. The molecule has 1 saturated carbocycles. The molecule has 0 spiro atoms. The van der Waals surface area contributed by atoms with Gasteiger partial charge in [0.1, 0.15) is 22.9 Å². The first kappa shape index (κ1) is 27.0. The van der Waals surface area contributed by atoms with Gasteiger partial charge in [0.25, 0.3) is 0 Å². The van der Waals surface area contributed by atoms with Crippen molar-refractivity contribution in [2.24, 2.45) is 11.8 Å². The smallest absolute Gasteiger partial charge is 0.426 e. The van der Waals surface area contributed by atoms with Crippen LogP contribution in [0.15, 0.2) is 36.4 Å². The largest absolute Gasteiger partial charge is 0.429 e. The third kappa shape index (κ3) is 6.87. The van der Waals surface area contributed by atoms with Gasteiger partial charge in [0.05, 0.1) is 5.56 Å². The quantitative estimate of drug-likeness (QED) is 0.361. The fourth-order valence-electron chi connectivity index (χ4n) is 4.25. The number of alkyl halides is 5. The second-order valence-electron chi connectivity index (χ2n) is 8.41. The topological polar surface area (TPSA) is 9.23 Å². The van der Waals surface area contributed by atoms with Crippen LogP contribution in [-0.4, -0.2) is 0 Å². The molecule has 0 saturated heterocycles. The minimum absolute atomic E-state index is 0. The summed E-state index contributed by atoms with van der Waals surface area (Å²) in [6.45, 7) is 2.20. The van der Waals surface area contributed by atoms with Crippen LogP contribution in [0.4, 0.5) is 30.7 Å². The molecule has 2 aromatic carbocycles. The third-order valence-electron chi connectivity index (χ3n) is 6.22. The van der Waals surface area contributed by atoms with E-state index in [9.17, 15) is 30.7 Å². The Kier molecular flexibility index (Phi) is 8.82. The monoisotopic (exact) mass is 478 g/mol. The zero-order valence-corrected chi connectivity index (χ0v) is 17.6. The standard InChI is InChI=1S/C24H25F7O.CH4/c1-2-15-3-5-16(6-4-15)7-8-17-9-11-18(12-10-17)24(30,31)32-19-13-20(25)22(21(26)14-19)23(27,28)29;/h9-16H,2-8H2,1H3;1H4. The molecule has 0 amide bonds. The van der Waals surface area contributed by atoms with Crippen LogP contribution in [0.25, 0.3) is 0 Å². The van der Waals surface area contributed by atoms with Crippen molar-refractivity contribution in [2.45, 2.75) is 71.6 Å². The Hall–Kier alpha value is -2.25. The molecular weight excluding hydrogens is 449 g/mol. The Balaban J connectivity index is 0.00000385. The average Bonchev–Trinajstić information content (AvgIpc) is 2.71. The lowest BCUT2D eigenvalue weighted by Crippen LogP contribution is -2.22. The summed E-state index contributed by atoms with van der Waals surface area (Å²) in [4.78, 5) is 0. The predicted molar refractivity (Wildman–Crippen MR) is 113 cm³/mol. The van der Waals surface area contributed by atoms with Crippen LogP contribution < -0.4 is 4.74 Å². The van der Waals surface area contributed by atoms with Crippen molar-refractivity contribution in [1.82, 2.24) is 0 Å². The number of hydrogen-bond acceptors (Lipinski definition) is 1. The van der Waals surface area contributed by atoms with Crippen molar-refractivity contribution in [3.8, 4) is 5.75 Å². The molecule has 0 bridgehead atoms. The molecule has 1 nitrogen and oxygen atoms in total. The molecule has 33 heavy (non-hydrogen) atoms. The Morgan fingerprint density at radius 1 is 0.848 bits per heavy atom. The Morgan fingerprint density at radius 3 is 1.85 bits per heavy atom. The molecule has 8 heteroatoms. The Bertz CT molecular complexity index is 875. The molecule has 0 atom stereocenters. The molecule has 0 radical (unpaired) electrons. The molecule has 0 heterocycles. The van der Waals surface area contributed by atoms with E-state index >= 15 is 0 Å². The van der Waals surface area contributed by atoms with Crippen molar-refractivity contribution in [2.75, 3.05) is 0 Å². The fourth-order valence-corrected chi connectivity index (χ4v) is 4.25. The first-order valence-corrected chi connectivity index (χ1v) is 10.7. The summed E-state index contributed by atoms with van der Waals surface area (Å²) in [6.07, 6.45) is -1.50. The highest BCUT2D eigenvalue weighted by molar-refractivity contribution is 5.33. The molecule has 2 aromatic rings. The maximum absolute atomic E-state index is 14.4. The highest BCUT2D eigenvalue weighted by atomic mass is 19.4. The van der Waals surface area contributed by atoms with Gasteiger partial charge in [-0.3, -0.25) is 0 Å². The van der Waals surface area contributed by atoms with Gasteiger partial charge in [0.2, 0.25) is 0 Å². The maximum atomic E-state index is 14.4. The van der Waals surface area contributed by atoms with Crippen LogP contribution in [0.3, 0.4) is 0 Å². The van der Waals surface area contributed by atoms with Gasteiger partial charge >= 0.3 is 12.3 Å². The SMILES string of the molecule is C.CCC1CCC(CCc2ccc(C(F)(F)Oc3cc(F)c(C(F)(F)F)c(F)c3)cc2)CC1. The zero-order chi connectivity index (χ0) is 23.5. The fraction of sp³-hybridized carbons (Fsp3) is 0.520. The van der Waals surface area contributed by atoms with Crippen LogP contribution in [-0.2, 0) is 18.7 Å². The molecule has 1 aliphatic rings. The number of hydrogen-bond donors (Lipinski definition) is 0. The van der Waals surface area contributed by atoms with E-state index in [0.29, 0.717) is 5.92 Å². The van der Waals surface area contributed by atoms with Crippen LogP contribution >= 0.6 is 0 Å².